The van der Waals surface area contributed by atoms with Crippen molar-refractivity contribution in [3.8, 4) is 78.8 Å². The summed E-state index contributed by atoms with van der Waals surface area (Å²) in [4.78, 5) is 10.7. The predicted molar refractivity (Wildman–Crippen MR) is 227 cm³/mol. The van der Waals surface area contributed by atoms with Crippen LogP contribution in [0, 0.1) is 0 Å². The van der Waals surface area contributed by atoms with Crippen molar-refractivity contribution in [2.75, 3.05) is 0 Å². The number of nitrogens with zero attached hydrogens (tertiary/aromatic N) is 2. The molecule has 1 aliphatic heterocycles. The van der Waals surface area contributed by atoms with E-state index in [4.69, 9.17) is 14.7 Å². The molecule has 8 aromatic carbocycles. The molecule has 0 amide bonds. The average molecular weight is 715 g/mol. The lowest BCUT2D eigenvalue weighted by Gasteiger charge is -2.40. The third-order valence-corrected chi connectivity index (χ3v) is 11.4. The van der Waals surface area contributed by atoms with E-state index in [1.54, 1.807) is 0 Å². The van der Waals surface area contributed by atoms with Crippen LogP contribution in [0.1, 0.15) is 22.3 Å². The summed E-state index contributed by atoms with van der Waals surface area (Å²) in [6.45, 7) is 0. The Hall–Kier alpha value is -7.36. The van der Waals surface area contributed by atoms with Gasteiger partial charge in [0, 0.05) is 27.8 Å². The number of benzene rings is 8. The summed E-state index contributed by atoms with van der Waals surface area (Å²) in [6.07, 6.45) is 0. The molecule has 0 saturated heterocycles. The summed E-state index contributed by atoms with van der Waals surface area (Å²) >= 11 is 0. The molecule has 1 spiro atoms. The molecule has 2 heterocycles. The van der Waals surface area contributed by atoms with Crippen LogP contribution >= 0.6 is 0 Å². The van der Waals surface area contributed by atoms with Crippen LogP contribution in [0.15, 0.2) is 206 Å². The normalized spacial score (nSPS) is 12.9. The number of hydrogen-bond acceptors (Lipinski definition) is 3. The average Bonchev–Trinajstić information content (AvgIpc) is 3.57. The van der Waals surface area contributed by atoms with Gasteiger partial charge in [0.2, 0.25) is 0 Å². The lowest BCUT2D eigenvalue weighted by Crippen LogP contribution is -2.32. The maximum Gasteiger partial charge on any atom is 0.160 e. The molecular weight excluding hydrogens is 681 g/mol. The molecule has 0 unspecified atom stereocenters. The van der Waals surface area contributed by atoms with Crippen molar-refractivity contribution in [2.45, 2.75) is 5.41 Å². The van der Waals surface area contributed by atoms with E-state index in [-0.39, 0.29) is 0 Å². The molecule has 9 aromatic rings. The van der Waals surface area contributed by atoms with Crippen molar-refractivity contribution < 1.29 is 4.74 Å². The predicted octanol–water partition coefficient (Wildman–Crippen LogP) is 13.3. The van der Waals surface area contributed by atoms with Gasteiger partial charge in [0.25, 0.3) is 0 Å². The van der Waals surface area contributed by atoms with Crippen LogP contribution in [0.25, 0.3) is 67.3 Å². The molecule has 0 radical (unpaired) electrons. The SMILES string of the molecule is c1ccc(-c2cccc(-c3cc(-c4cccc5c4Oc4ccccc4C54c5ccccc5-c5ccccc54)nc(-c4cccc(-c5ccccc5)c4)n3)c2)cc1. The van der Waals surface area contributed by atoms with Crippen LogP contribution in [-0.4, -0.2) is 9.97 Å². The van der Waals surface area contributed by atoms with E-state index in [1.165, 1.54) is 22.3 Å². The minimum absolute atomic E-state index is 0.569. The zero-order chi connectivity index (χ0) is 37.1. The van der Waals surface area contributed by atoms with Crippen molar-refractivity contribution in [3.63, 3.8) is 0 Å². The van der Waals surface area contributed by atoms with E-state index in [1.807, 2.05) is 12.1 Å². The molecule has 1 aliphatic carbocycles. The number of rotatable bonds is 5. The van der Waals surface area contributed by atoms with E-state index < -0.39 is 5.41 Å². The fourth-order valence-corrected chi connectivity index (χ4v) is 8.90. The van der Waals surface area contributed by atoms with Gasteiger partial charge < -0.3 is 4.74 Å². The van der Waals surface area contributed by atoms with Gasteiger partial charge in [0.05, 0.1) is 16.8 Å². The van der Waals surface area contributed by atoms with Gasteiger partial charge in [-0.05, 0) is 74.8 Å². The third-order valence-electron chi connectivity index (χ3n) is 11.4. The molecule has 56 heavy (non-hydrogen) atoms. The van der Waals surface area contributed by atoms with Crippen LogP contribution in [0.5, 0.6) is 11.5 Å². The van der Waals surface area contributed by atoms with Crippen molar-refractivity contribution in [1.29, 1.82) is 0 Å². The highest BCUT2D eigenvalue weighted by atomic mass is 16.5. The molecule has 262 valence electrons. The van der Waals surface area contributed by atoms with E-state index in [0.29, 0.717) is 5.82 Å². The standard InChI is InChI=1S/C53H34N2O/c1-3-16-35(17-4-1)37-20-13-22-39(32-37)48-34-49(55-52(54-48)40-23-14-21-38(33-40)36-18-5-2-6-19-36)43-26-15-30-47-51(43)56-50-31-12-11-29-46(50)53(47)44-27-9-7-24-41(44)42-25-8-10-28-45(42)53/h1-34H. The van der Waals surface area contributed by atoms with Crippen molar-refractivity contribution in [1.82, 2.24) is 9.97 Å². The molecular formula is C53H34N2O. The molecule has 0 bridgehead atoms. The van der Waals surface area contributed by atoms with Crippen LogP contribution in [0.4, 0.5) is 0 Å². The van der Waals surface area contributed by atoms with Gasteiger partial charge in [0.15, 0.2) is 5.82 Å². The molecule has 0 N–H and O–H groups in total. The molecule has 1 aromatic heterocycles. The van der Waals surface area contributed by atoms with E-state index >= 15 is 0 Å². The maximum absolute atomic E-state index is 7.06. The van der Waals surface area contributed by atoms with Gasteiger partial charge in [0.1, 0.15) is 11.5 Å². The number of aromatic nitrogens is 2. The summed E-state index contributed by atoms with van der Waals surface area (Å²) < 4.78 is 7.06. The van der Waals surface area contributed by atoms with E-state index in [9.17, 15) is 0 Å². The maximum atomic E-state index is 7.06. The smallest absolute Gasteiger partial charge is 0.160 e. The van der Waals surface area contributed by atoms with Gasteiger partial charge in [-0.2, -0.15) is 0 Å². The minimum atomic E-state index is -0.569. The third kappa shape index (κ3) is 4.98. The molecule has 0 atom stereocenters. The molecule has 3 heteroatoms. The number of para-hydroxylation sites is 2. The van der Waals surface area contributed by atoms with E-state index in [0.717, 1.165) is 73.0 Å². The number of ether oxygens (including phenoxy) is 1. The van der Waals surface area contributed by atoms with Crippen LogP contribution in [0.2, 0.25) is 0 Å². The second kappa shape index (κ2) is 12.9. The van der Waals surface area contributed by atoms with Gasteiger partial charge >= 0.3 is 0 Å². The lowest BCUT2D eigenvalue weighted by molar-refractivity contribution is 0.438. The molecule has 11 rings (SSSR count). The first kappa shape index (κ1) is 32.1. The number of fused-ring (bicyclic) bond motifs is 9. The second-order valence-electron chi connectivity index (χ2n) is 14.5. The number of hydrogen-bond donors (Lipinski definition) is 0. The Bertz CT molecular complexity index is 2800. The Kier molecular flexibility index (Phi) is 7.39. The molecule has 2 aliphatic rings. The molecule has 0 fully saturated rings. The zero-order valence-corrected chi connectivity index (χ0v) is 30.4. The van der Waals surface area contributed by atoms with Gasteiger partial charge in [-0.3, -0.25) is 0 Å². The molecule has 3 nitrogen and oxygen atoms in total. The summed E-state index contributed by atoms with van der Waals surface area (Å²) in [5, 5.41) is 0. The first-order chi connectivity index (χ1) is 27.8. The Balaban J connectivity index is 1.16. The quantitative estimate of drug-likeness (QED) is 0.178. The Labute approximate surface area is 326 Å². The summed E-state index contributed by atoms with van der Waals surface area (Å²) in [5.41, 5.74) is 15.8. The topological polar surface area (TPSA) is 35.0 Å². The first-order valence-corrected chi connectivity index (χ1v) is 19.1. The highest BCUT2D eigenvalue weighted by Gasteiger charge is 2.51. The van der Waals surface area contributed by atoms with Crippen molar-refractivity contribution in [2.24, 2.45) is 0 Å². The minimum Gasteiger partial charge on any atom is -0.456 e. The highest BCUT2D eigenvalue weighted by Crippen LogP contribution is 2.63. The summed E-state index contributed by atoms with van der Waals surface area (Å²) in [7, 11) is 0. The van der Waals surface area contributed by atoms with E-state index in [2.05, 4.69) is 194 Å². The van der Waals surface area contributed by atoms with Gasteiger partial charge in [-0.25, -0.2) is 9.97 Å². The Morgan fingerprint density at radius 1 is 0.321 bits per heavy atom. The van der Waals surface area contributed by atoms with Crippen molar-refractivity contribution >= 4 is 0 Å². The summed E-state index contributed by atoms with van der Waals surface area (Å²) in [5.74, 6) is 2.31. The fraction of sp³-hybridized carbons (Fsp3) is 0.0189. The summed E-state index contributed by atoms with van der Waals surface area (Å²) in [6, 6.07) is 72.9. The zero-order valence-electron chi connectivity index (χ0n) is 30.4. The van der Waals surface area contributed by atoms with Crippen LogP contribution < -0.4 is 4.74 Å². The lowest BCUT2D eigenvalue weighted by atomic mass is 9.65. The van der Waals surface area contributed by atoms with Gasteiger partial charge in [-0.1, -0.05) is 176 Å². The highest BCUT2D eigenvalue weighted by molar-refractivity contribution is 5.90. The van der Waals surface area contributed by atoms with Crippen molar-refractivity contribution in [3.05, 3.63) is 229 Å². The van der Waals surface area contributed by atoms with Crippen LogP contribution in [0.3, 0.4) is 0 Å². The molecule has 0 saturated carbocycles. The second-order valence-corrected chi connectivity index (χ2v) is 14.5. The Morgan fingerprint density at radius 3 is 1.46 bits per heavy atom. The van der Waals surface area contributed by atoms with Gasteiger partial charge in [-0.15, -0.1) is 0 Å². The Morgan fingerprint density at radius 2 is 0.786 bits per heavy atom. The first-order valence-electron chi connectivity index (χ1n) is 19.1. The fourth-order valence-electron chi connectivity index (χ4n) is 8.90. The monoisotopic (exact) mass is 714 g/mol. The largest absolute Gasteiger partial charge is 0.456 e. The van der Waals surface area contributed by atoms with Crippen LogP contribution in [-0.2, 0) is 5.41 Å².